The molecule has 1 saturated heterocycles. The van der Waals surface area contributed by atoms with E-state index in [-0.39, 0.29) is 0 Å². The van der Waals surface area contributed by atoms with Gasteiger partial charge in [-0.2, -0.15) is 0 Å². The van der Waals surface area contributed by atoms with Gasteiger partial charge in [0.15, 0.2) is 0 Å². The van der Waals surface area contributed by atoms with Crippen molar-refractivity contribution in [3.05, 3.63) is 0 Å². The molecule has 0 saturated carbocycles. The molecule has 15 heavy (non-hydrogen) atoms. The van der Waals surface area contributed by atoms with Crippen LogP contribution < -0.4 is 5.32 Å². The Morgan fingerprint density at radius 3 is 2.67 bits per heavy atom. The van der Waals surface area contributed by atoms with Crippen molar-refractivity contribution in [3.63, 3.8) is 0 Å². The summed E-state index contributed by atoms with van der Waals surface area (Å²) in [6.45, 7) is 10.7. The Hall–Kier alpha value is -0.120. The predicted molar refractivity (Wildman–Crippen MR) is 64.2 cm³/mol. The van der Waals surface area contributed by atoms with E-state index < -0.39 is 0 Å². The van der Waals surface area contributed by atoms with Crippen molar-refractivity contribution < 1.29 is 4.74 Å². The zero-order chi connectivity index (χ0) is 10.9. The quantitative estimate of drug-likeness (QED) is 0.650. The van der Waals surface area contributed by atoms with Crippen LogP contribution >= 0.6 is 0 Å². The van der Waals surface area contributed by atoms with Crippen LogP contribution in [0.1, 0.15) is 33.1 Å². The van der Waals surface area contributed by atoms with Gasteiger partial charge >= 0.3 is 0 Å². The molecule has 1 unspecified atom stereocenters. The zero-order valence-corrected chi connectivity index (χ0v) is 10.3. The van der Waals surface area contributed by atoms with Gasteiger partial charge < -0.3 is 10.1 Å². The van der Waals surface area contributed by atoms with Crippen molar-refractivity contribution >= 4 is 0 Å². The van der Waals surface area contributed by atoms with Crippen LogP contribution in [0.25, 0.3) is 0 Å². The molecule has 1 heterocycles. The number of hydrogen-bond acceptors (Lipinski definition) is 3. The number of nitrogens with one attached hydrogen (secondary N) is 1. The Kier molecular flexibility index (Phi) is 6.98. The Balaban J connectivity index is 1.99. The van der Waals surface area contributed by atoms with Crippen LogP contribution in [0.5, 0.6) is 0 Å². The third kappa shape index (κ3) is 5.50. The van der Waals surface area contributed by atoms with Crippen molar-refractivity contribution in [1.29, 1.82) is 0 Å². The van der Waals surface area contributed by atoms with E-state index in [1.165, 1.54) is 32.4 Å². The van der Waals surface area contributed by atoms with E-state index in [1.54, 1.807) is 0 Å². The smallest absolute Gasteiger partial charge is 0.0590 e. The molecule has 3 nitrogen and oxygen atoms in total. The summed E-state index contributed by atoms with van der Waals surface area (Å²) in [6, 6.07) is 0.673. The fourth-order valence-electron chi connectivity index (χ4n) is 2.09. The van der Waals surface area contributed by atoms with E-state index in [1.807, 2.05) is 6.92 Å². The van der Waals surface area contributed by atoms with E-state index in [9.17, 15) is 0 Å². The second-order valence-electron chi connectivity index (χ2n) is 4.35. The van der Waals surface area contributed by atoms with Gasteiger partial charge in [0.1, 0.15) is 0 Å². The Labute approximate surface area is 94.2 Å². The summed E-state index contributed by atoms with van der Waals surface area (Å²) in [6.07, 6.45) is 4.17. The lowest BCUT2D eigenvalue weighted by Gasteiger charge is -2.32. The standard InChI is InChI=1S/C12H26N2O/c1-3-15-10-7-13-11-12(2)14-8-5-4-6-9-14/h12-13H,3-11H2,1-2H3. The number of hydrogen-bond donors (Lipinski definition) is 1. The summed E-state index contributed by atoms with van der Waals surface area (Å²) in [5.41, 5.74) is 0. The molecule has 90 valence electrons. The molecule has 1 rings (SSSR count). The number of nitrogens with zero attached hydrogens (tertiary/aromatic N) is 1. The molecule has 1 fully saturated rings. The molecular weight excluding hydrogens is 188 g/mol. The highest BCUT2D eigenvalue weighted by atomic mass is 16.5. The van der Waals surface area contributed by atoms with Gasteiger partial charge in [-0.3, -0.25) is 4.90 Å². The molecule has 1 aliphatic rings. The summed E-state index contributed by atoms with van der Waals surface area (Å²) >= 11 is 0. The molecule has 1 aliphatic heterocycles. The molecule has 0 aromatic carbocycles. The van der Waals surface area contributed by atoms with Crippen molar-refractivity contribution in [2.45, 2.75) is 39.2 Å². The normalized spacial score (nSPS) is 20.4. The van der Waals surface area contributed by atoms with Crippen molar-refractivity contribution in [3.8, 4) is 0 Å². The van der Waals surface area contributed by atoms with Gasteiger partial charge in [0.25, 0.3) is 0 Å². The van der Waals surface area contributed by atoms with Gasteiger partial charge in [0.2, 0.25) is 0 Å². The molecule has 1 atom stereocenters. The number of piperidine rings is 1. The number of ether oxygens (including phenoxy) is 1. The average molecular weight is 214 g/mol. The molecule has 0 aliphatic carbocycles. The first-order chi connectivity index (χ1) is 7.34. The summed E-state index contributed by atoms with van der Waals surface area (Å²) in [5, 5.41) is 3.45. The summed E-state index contributed by atoms with van der Waals surface area (Å²) in [5.74, 6) is 0. The van der Waals surface area contributed by atoms with E-state index in [2.05, 4.69) is 17.1 Å². The third-order valence-corrected chi connectivity index (χ3v) is 3.08. The van der Waals surface area contributed by atoms with Gasteiger partial charge in [-0.1, -0.05) is 6.42 Å². The van der Waals surface area contributed by atoms with E-state index in [0.29, 0.717) is 6.04 Å². The minimum atomic E-state index is 0.673. The maximum absolute atomic E-state index is 5.28. The molecule has 3 heteroatoms. The fraction of sp³-hybridized carbons (Fsp3) is 1.00. The molecule has 0 spiro atoms. The first-order valence-corrected chi connectivity index (χ1v) is 6.37. The summed E-state index contributed by atoms with van der Waals surface area (Å²) in [7, 11) is 0. The predicted octanol–water partition coefficient (Wildman–Crippen LogP) is 1.49. The number of likely N-dealkylation sites (tertiary alicyclic amines) is 1. The maximum Gasteiger partial charge on any atom is 0.0590 e. The second kappa shape index (κ2) is 8.08. The summed E-state index contributed by atoms with van der Waals surface area (Å²) in [4.78, 5) is 2.59. The van der Waals surface area contributed by atoms with Crippen LogP contribution in [0, 0.1) is 0 Å². The first kappa shape index (κ1) is 12.9. The molecule has 0 amide bonds. The Bertz CT molecular complexity index is 147. The van der Waals surface area contributed by atoms with E-state index in [4.69, 9.17) is 4.74 Å². The first-order valence-electron chi connectivity index (χ1n) is 6.37. The number of rotatable bonds is 7. The van der Waals surface area contributed by atoms with Crippen molar-refractivity contribution in [2.24, 2.45) is 0 Å². The van der Waals surface area contributed by atoms with E-state index >= 15 is 0 Å². The fourth-order valence-corrected chi connectivity index (χ4v) is 2.09. The van der Waals surface area contributed by atoms with Crippen LogP contribution in [0.2, 0.25) is 0 Å². The van der Waals surface area contributed by atoms with Crippen molar-refractivity contribution in [1.82, 2.24) is 10.2 Å². The molecule has 0 radical (unpaired) electrons. The van der Waals surface area contributed by atoms with Crippen LogP contribution in [0.4, 0.5) is 0 Å². The van der Waals surface area contributed by atoms with Crippen LogP contribution in [-0.2, 0) is 4.74 Å². The minimum Gasteiger partial charge on any atom is -0.380 e. The molecule has 0 aromatic rings. The van der Waals surface area contributed by atoms with E-state index in [0.717, 1.165) is 26.3 Å². The minimum absolute atomic E-state index is 0.673. The Morgan fingerprint density at radius 1 is 1.27 bits per heavy atom. The van der Waals surface area contributed by atoms with Crippen molar-refractivity contribution in [2.75, 3.05) is 39.4 Å². The van der Waals surface area contributed by atoms with Gasteiger partial charge in [-0.25, -0.2) is 0 Å². The molecule has 0 bridgehead atoms. The SMILES string of the molecule is CCOCCNCC(C)N1CCCCC1. The van der Waals surface area contributed by atoms with Crippen LogP contribution in [0.15, 0.2) is 0 Å². The van der Waals surface area contributed by atoms with Gasteiger partial charge in [-0.05, 0) is 39.8 Å². The lowest BCUT2D eigenvalue weighted by molar-refractivity contribution is 0.140. The Morgan fingerprint density at radius 2 is 2.00 bits per heavy atom. The third-order valence-electron chi connectivity index (χ3n) is 3.08. The monoisotopic (exact) mass is 214 g/mol. The van der Waals surface area contributed by atoms with Gasteiger partial charge in [0, 0.05) is 25.7 Å². The van der Waals surface area contributed by atoms with Gasteiger partial charge in [-0.15, -0.1) is 0 Å². The van der Waals surface area contributed by atoms with Gasteiger partial charge in [0.05, 0.1) is 6.61 Å². The van der Waals surface area contributed by atoms with Crippen LogP contribution in [-0.4, -0.2) is 50.3 Å². The van der Waals surface area contributed by atoms with Crippen LogP contribution in [0.3, 0.4) is 0 Å². The topological polar surface area (TPSA) is 24.5 Å². The highest BCUT2D eigenvalue weighted by Gasteiger charge is 2.15. The lowest BCUT2D eigenvalue weighted by Crippen LogP contribution is -2.43. The molecular formula is C12H26N2O. The lowest BCUT2D eigenvalue weighted by atomic mass is 10.1. The molecule has 1 N–H and O–H groups in total. The largest absolute Gasteiger partial charge is 0.380 e. The average Bonchev–Trinajstić information content (AvgIpc) is 2.30. The highest BCUT2D eigenvalue weighted by Crippen LogP contribution is 2.11. The second-order valence-corrected chi connectivity index (χ2v) is 4.35. The zero-order valence-electron chi connectivity index (χ0n) is 10.3. The summed E-state index contributed by atoms with van der Waals surface area (Å²) < 4.78 is 5.28. The highest BCUT2D eigenvalue weighted by molar-refractivity contribution is 4.72. The maximum atomic E-state index is 5.28. The molecule has 0 aromatic heterocycles.